The Labute approximate surface area is 174 Å². The Morgan fingerprint density at radius 2 is 1.62 bits per heavy atom. The average molecular weight is 387 g/mol. The lowest BCUT2D eigenvalue weighted by molar-refractivity contribution is 0.0697. The Morgan fingerprint density at radius 3 is 2.21 bits per heavy atom. The Hall–Kier alpha value is -2.87. The van der Waals surface area contributed by atoms with Crippen molar-refractivity contribution < 1.29 is 9.90 Å². The minimum Gasteiger partial charge on any atom is -0.478 e. The normalized spacial score (nSPS) is 15.7. The Bertz CT molecular complexity index is 1010. The zero-order chi connectivity index (χ0) is 21.4. The minimum atomic E-state index is -0.918. The first-order chi connectivity index (χ1) is 13.5. The summed E-state index contributed by atoms with van der Waals surface area (Å²) < 4.78 is 0. The van der Waals surface area contributed by atoms with Crippen molar-refractivity contribution in [3.63, 3.8) is 0 Å². The maximum absolute atomic E-state index is 11.1. The van der Waals surface area contributed by atoms with Crippen molar-refractivity contribution in [2.45, 2.75) is 46.5 Å². The van der Waals surface area contributed by atoms with Gasteiger partial charge in [0.2, 0.25) is 0 Å². The highest BCUT2D eigenvalue weighted by atomic mass is 16.4. The standard InChI is InChI=1S/C27H30O2/c1-18(19-7-9-21(10-8-19)25(28)29)22-11-12-24-23(17-22)20(13-15-26(2,3)4)14-16-27(24,5)6/h7-15,17H,1,16H2,2-6H3,(H,28,29)/b15-13-. The molecule has 0 spiro atoms. The van der Waals surface area contributed by atoms with Crippen molar-refractivity contribution in [2.24, 2.45) is 5.41 Å². The van der Waals surface area contributed by atoms with Gasteiger partial charge in [-0.2, -0.15) is 0 Å². The molecule has 2 nitrogen and oxygen atoms in total. The second-order valence-electron chi connectivity index (χ2n) is 9.57. The molecule has 0 unspecified atom stereocenters. The van der Waals surface area contributed by atoms with Gasteiger partial charge in [0.15, 0.2) is 0 Å². The molecule has 0 atom stereocenters. The summed E-state index contributed by atoms with van der Waals surface area (Å²) in [5.74, 6) is -0.918. The van der Waals surface area contributed by atoms with Gasteiger partial charge < -0.3 is 5.11 Å². The second-order valence-corrected chi connectivity index (χ2v) is 9.57. The van der Waals surface area contributed by atoms with Crippen LogP contribution >= 0.6 is 0 Å². The molecule has 0 saturated heterocycles. The van der Waals surface area contributed by atoms with Crippen molar-refractivity contribution >= 4 is 17.1 Å². The molecule has 3 rings (SSSR count). The van der Waals surface area contributed by atoms with Crippen molar-refractivity contribution in [2.75, 3.05) is 0 Å². The zero-order valence-electron chi connectivity index (χ0n) is 18.0. The van der Waals surface area contributed by atoms with E-state index >= 15 is 0 Å². The fourth-order valence-corrected chi connectivity index (χ4v) is 3.62. The van der Waals surface area contributed by atoms with Crippen LogP contribution in [0.3, 0.4) is 0 Å². The number of benzene rings is 2. The van der Waals surface area contributed by atoms with Crippen LogP contribution in [0.15, 0.2) is 67.3 Å². The van der Waals surface area contributed by atoms with Gasteiger partial charge in [-0.15, -0.1) is 0 Å². The van der Waals surface area contributed by atoms with E-state index in [1.807, 2.05) is 12.1 Å². The molecule has 0 heterocycles. The number of aromatic carboxylic acids is 1. The summed E-state index contributed by atoms with van der Waals surface area (Å²) in [6.45, 7) is 15.5. The molecular formula is C27H30O2. The number of fused-ring (bicyclic) bond motifs is 1. The lowest BCUT2D eigenvalue weighted by atomic mass is 9.72. The summed E-state index contributed by atoms with van der Waals surface area (Å²) in [7, 11) is 0. The average Bonchev–Trinajstić information content (AvgIpc) is 2.66. The van der Waals surface area contributed by atoms with Gasteiger partial charge in [-0.25, -0.2) is 4.79 Å². The van der Waals surface area contributed by atoms with Gasteiger partial charge >= 0.3 is 5.97 Å². The molecule has 0 radical (unpaired) electrons. The third-order valence-electron chi connectivity index (χ3n) is 5.48. The van der Waals surface area contributed by atoms with E-state index in [2.05, 4.69) is 77.6 Å². The lowest BCUT2D eigenvalue weighted by Gasteiger charge is -2.32. The molecule has 0 fully saturated rings. The molecule has 0 aromatic heterocycles. The first kappa shape index (κ1) is 20.9. The number of rotatable bonds is 4. The molecule has 0 bridgehead atoms. The van der Waals surface area contributed by atoms with Crippen LogP contribution in [0.4, 0.5) is 0 Å². The van der Waals surface area contributed by atoms with Gasteiger partial charge in [-0.1, -0.05) is 83.7 Å². The van der Waals surface area contributed by atoms with Crippen LogP contribution in [0.1, 0.15) is 73.7 Å². The Kier molecular flexibility index (Phi) is 5.40. The van der Waals surface area contributed by atoms with Crippen LogP contribution in [0.5, 0.6) is 0 Å². The van der Waals surface area contributed by atoms with Crippen LogP contribution in [-0.4, -0.2) is 11.1 Å². The molecule has 1 aliphatic carbocycles. The quantitative estimate of drug-likeness (QED) is 0.608. The summed E-state index contributed by atoms with van der Waals surface area (Å²) in [4.78, 5) is 11.1. The van der Waals surface area contributed by atoms with Crippen LogP contribution < -0.4 is 0 Å². The molecule has 1 aliphatic rings. The minimum absolute atomic E-state index is 0.0946. The molecule has 150 valence electrons. The summed E-state index contributed by atoms with van der Waals surface area (Å²) >= 11 is 0. The van der Waals surface area contributed by atoms with E-state index in [1.54, 1.807) is 12.1 Å². The van der Waals surface area contributed by atoms with Crippen molar-refractivity contribution in [1.82, 2.24) is 0 Å². The SMILES string of the molecule is C=C(c1ccc(C(=O)O)cc1)c1ccc2c(c1)C(/C=C\C(C)(C)C)=CCC2(C)C. The van der Waals surface area contributed by atoms with Crippen LogP contribution in [-0.2, 0) is 5.41 Å². The summed E-state index contributed by atoms with van der Waals surface area (Å²) in [5.41, 5.74) is 7.25. The van der Waals surface area contributed by atoms with Gasteiger partial charge in [0, 0.05) is 0 Å². The topological polar surface area (TPSA) is 37.3 Å². The van der Waals surface area contributed by atoms with Crippen molar-refractivity contribution in [1.29, 1.82) is 0 Å². The second kappa shape index (κ2) is 7.51. The molecule has 2 aromatic carbocycles. The third-order valence-corrected chi connectivity index (χ3v) is 5.48. The maximum atomic E-state index is 11.1. The lowest BCUT2D eigenvalue weighted by Crippen LogP contribution is -2.21. The number of allylic oxidation sites excluding steroid dienone is 4. The number of carboxylic acid groups (broad SMARTS) is 1. The van der Waals surface area contributed by atoms with E-state index in [9.17, 15) is 4.79 Å². The summed E-state index contributed by atoms with van der Waals surface area (Å²) in [6.07, 6.45) is 7.84. The van der Waals surface area contributed by atoms with E-state index in [1.165, 1.54) is 16.7 Å². The van der Waals surface area contributed by atoms with Gasteiger partial charge in [-0.05, 0) is 68.8 Å². The highest BCUT2D eigenvalue weighted by Gasteiger charge is 2.27. The van der Waals surface area contributed by atoms with Crippen molar-refractivity contribution in [3.05, 3.63) is 95.1 Å². The first-order valence-electron chi connectivity index (χ1n) is 10.1. The summed E-state index contributed by atoms with van der Waals surface area (Å²) in [6, 6.07) is 13.5. The fraction of sp³-hybridized carbons (Fsp3) is 0.296. The largest absolute Gasteiger partial charge is 0.478 e. The molecule has 2 heteroatoms. The molecule has 29 heavy (non-hydrogen) atoms. The van der Waals surface area contributed by atoms with Crippen LogP contribution in [0.2, 0.25) is 0 Å². The molecule has 0 saturated carbocycles. The third kappa shape index (κ3) is 4.59. The molecule has 2 aromatic rings. The van der Waals surface area contributed by atoms with Crippen LogP contribution in [0, 0.1) is 5.41 Å². The van der Waals surface area contributed by atoms with E-state index in [-0.39, 0.29) is 16.4 Å². The van der Waals surface area contributed by atoms with Gasteiger partial charge in [0.1, 0.15) is 0 Å². The van der Waals surface area contributed by atoms with Crippen LogP contribution in [0.25, 0.3) is 11.1 Å². The number of carboxylic acids is 1. The van der Waals surface area contributed by atoms with E-state index in [0.717, 1.165) is 23.1 Å². The molecule has 0 amide bonds. The van der Waals surface area contributed by atoms with Gasteiger partial charge in [-0.3, -0.25) is 0 Å². The predicted molar refractivity (Wildman–Crippen MR) is 122 cm³/mol. The maximum Gasteiger partial charge on any atom is 0.335 e. The van der Waals surface area contributed by atoms with E-state index < -0.39 is 5.97 Å². The highest BCUT2D eigenvalue weighted by Crippen LogP contribution is 2.41. The zero-order valence-corrected chi connectivity index (χ0v) is 18.0. The monoisotopic (exact) mass is 386 g/mol. The Morgan fingerprint density at radius 1 is 1.03 bits per heavy atom. The predicted octanol–water partition coefficient (Wildman–Crippen LogP) is 7.11. The highest BCUT2D eigenvalue weighted by molar-refractivity contribution is 5.89. The van der Waals surface area contributed by atoms with Gasteiger partial charge in [0.25, 0.3) is 0 Å². The molecular weight excluding hydrogens is 356 g/mol. The number of carbonyl (C=O) groups is 1. The van der Waals surface area contributed by atoms with Crippen molar-refractivity contribution in [3.8, 4) is 0 Å². The molecule has 0 aliphatic heterocycles. The molecule has 1 N–H and O–H groups in total. The van der Waals surface area contributed by atoms with E-state index in [0.29, 0.717) is 0 Å². The smallest absolute Gasteiger partial charge is 0.335 e. The Balaban J connectivity index is 2.01. The number of hydrogen-bond donors (Lipinski definition) is 1. The van der Waals surface area contributed by atoms with E-state index in [4.69, 9.17) is 5.11 Å². The summed E-state index contributed by atoms with van der Waals surface area (Å²) in [5, 5.41) is 9.11. The number of hydrogen-bond acceptors (Lipinski definition) is 1. The van der Waals surface area contributed by atoms with Gasteiger partial charge in [0.05, 0.1) is 5.56 Å². The fourth-order valence-electron chi connectivity index (χ4n) is 3.62. The first-order valence-corrected chi connectivity index (χ1v) is 10.1.